The minimum atomic E-state index is -0.287. The molecule has 0 aliphatic rings. The summed E-state index contributed by atoms with van der Waals surface area (Å²) in [6, 6.07) is 5.63. The topological polar surface area (TPSA) is 61.5 Å². The van der Waals surface area contributed by atoms with Gasteiger partial charge in [0.25, 0.3) is 0 Å². The van der Waals surface area contributed by atoms with Crippen LogP contribution < -0.4 is 5.73 Å². The standard InChI is InChI=1S/C13H19NO3/c1-9-4-5-11(12(14)6-9)7-13(15)17-10(2)8-16-3/h4-6,10H,7-8,14H2,1-3H3/t10-/m1/s1. The van der Waals surface area contributed by atoms with Crippen LogP contribution in [0.15, 0.2) is 18.2 Å². The van der Waals surface area contributed by atoms with Crippen molar-refractivity contribution in [2.45, 2.75) is 26.4 Å². The maximum atomic E-state index is 11.6. The van der Waals surface area contributed by atoms with Crippen molar-refractivity contribution in [3.63, 3.8) is 0 Å². The number of carbonyl (C=O) groups is 1. The number of methoxy groups -OCH3 is 1. The predicted molar refractivity (Wildman–Crippen MR) is 66.7 cm³/mol. The summed E-state index contributed by atoms with van der Waals surface area (Å²) in [5, 5.41) is 0. The first kappa shape index (κ1) is 13.5. The van der Waals surface area contributed by atoms with E-state index < -0.39 is 0 Å². The van der Waals surface area contributed by atoms with E-state index in [1.54, 1.807) is 14.0 Å². The number of nitrogen functional groups attached to an aromatic ring is 1. The van der Waals surface area contributed by atoms with Gasteiger partial charge in [0.1, 0.15) is 6.10 Å². The zero-order valence-corrected chi connectivity index (χ0v) is 10.5. The van der Waals surface area contributed by atoms with Gasteiger partial charge in [-0.2, -0.15) is 0 Å². The molecular formula is C13H19NO3. The molecule has 1 rings (SSSR count). The Balaban J connectivity index is 2.56. The van der Waals surface area contributed by atoms with Gasteiger partial charge in [0.05, 0.1) is 13.0 Å². The maximum absolute atomic E-state index is 11.6. The first-order chi connectivity index (χ1) is 8.02. The van der Waals surface area contributed by atoms with Crippen LogP contribution >= 0.6 is 0 Å². The van der Waals surface area contributed by atoms with Crippen LogP contribution in [0.25, 0.3) is 0 Å². The highest BCUT2D eigenvalue weighted by atomic mass is 16.6. The summed E-state index contributed by atoms with van der Waals surface area (Å²) in [6.07, 6.45) is -0.0423. The molecule has 1 atom stereocenters. The lowest BCUT2D eigenvalue weighted by Crippen LogP contribution is -2.21. The summed E-state index contributed by atoms with van der Waals surface area (Å²) in [5.41, 5.74) is 8.33. The van der Waals surface area contributed by atoms with E-state index in [9.17, 15) is 4.79 Å². The Kier molecular flexibility index (Phi) is 4.97. The van der Waals surface area contributed by atoms with Crippen LogP contribution in [0.3, 0.4) is 0 Å². The number of rotatable bonds is 5. The Morgan fingerprint density at radius 3 is 2.76 bits per heavy atom. The van der Waals surface area contributed by atoms with Crippen LogP contribution in [0.5, 0.6) is 0 Å². The highest BCUT2D eigenvalue weighted by molar-refractivity contribution is 5.75. The van der Waals surface area contributed by atoms with E-state index in [2.05, 4.69) is 0 Å². The second-order valence-corrected chi connectivity index (χ2v) is 4.13. The number of nitrogens with two attached hydrogens (primary N) is 1. The van der Waals surface area contributed by atoms with Gasteiger partial charge < -0.3 is 15.2 Å². The van der Waals surface area contributed by atoms with Crippen molar-refractivity contribution in [3.05, 3.63) is 29.3 Å². The Labute approximate surface area is 102 Å². The molecule has 0 fully saturated rings. The normalized spacial score (nSPS) is 12.2. The van der Waals surface area contributed by atoms with Gasteiger partial charge in [0, 0.05) is 12.8 Å². The van der Waals surface area contributed by atoms with E-state index >= 15 is 0 Å². The zero-order chi connectivity index (χ0) is 12.8. The Bertz CT molecular complexity index is 390. The van der Waals surface area contributed by atoms with Gasteiger partial charge in [-0.25, -0.2) is 0 Å². The first-order valence-corrected chi connectivity index (χ1v) is 5.56. The van der Waals surface area contributed by atoms with Crippen molar-refractivity contribution in [2.24, 2.45) is 0 Å². The molecule has 0 unspecified atom stereocenters. The van der Waals surface area contributed by atoms with E-state index in [1.807, 2.05) is 25.1 Å². The van der Waals surface area contributed by atoms with Crippen LogP contribution in [0.4, 0.5) is 5.69 Å². The van der Waals surface area contributed by atoms with E-state index in [-0.39, 0.29) is 18.5 Å². The largest absolute Gasteiger partial charge is 0.460 e. The Morgan fingerprint density at radius 1 is 1.47 bits per heavy atom. The van der Waals surface area contributed by atoms with Gasteiger partial charge in [0.15, 0.2) is 0 Å². The molecule has 0 aliphatic carbocycles. The highest BCUT2D eigenvalue weighted by Gasteiger charge is 2.11. The summed E-state index contributed by atoms with van der Waals surface area (Å²) in [7, 11) is 1.57. The third-order valence-corrected chi connectivity index (χ3v) is 2.37. The second kappa shape index (κ2) is 6.25. The van der Waals surface area contributed by atoms with E-state index in [0.29, 0.717) is 12.3 Å². The molecule has 94 valence electrons. The molecular weight excluding hydrogens is 218 g/mol. The van der Waals surface area contributed by atoms with E-state index in [1.165, 1.54) is 0 Å². The minimum absolute atomic E-state index is 0.195. The number of benzene rings is 1. The summed E-state index contributed by atoms with van der Waals surface area (Å²) in [5.74, 6) is -0.287. The molecule has 0 radical (unpaired) electrons. The van der Waals surface area contributed by atoms with Crippen LogP contribution in [0.2, 0.25) is 0 Å². The molecule has 2 N–H and O–H groups in total. The smallest absolute Gasteiger partial charge is 0.310 e. The van der Waals surface area contributed by atoms with Crippen molar-refractivity contribution in [1.82, 2.24) is 0 Å². The first-order valence-electron chi connectivity index (χ1n) is 5.56. The van der Waals surface area contributed by atoms with Crippen molar-refractivity contribution >= 4 is 11.7 Å². The summed E-state index contributed by atoms with van der Waals surface area (Å²) in [4.78, 5) is 11.6. The van der Waals surface area contributed by atoms with Crippen molar-refractivity contribution in [3.8, 4) is 0 Å². The molecule has 0 bridgehead atoms. The third-order valence-electron chi connectivity index (χ3n) is 2.37. The molecule has 4 nitrogen and oxygen atoms in total. The van der Waals surface area contributed by atoms with Crippen molar-refractivity contribution < 1.29 is 14.3 Å². The molecule has 0 aromatic heterocycles. The Morgan fingerprint density at radius 2 is 2.18 bits per heavy atom. The van der Waals surface area contributed by atoms with Crippen LogP contribution in [0.1, 0.15) is 18.1 Å². The van der Waals surface area contributed by atoms with Crippen molar-refractivity contribution in [1.29, 1.82) is 0 Å². The molecule has 0 saturated carbocycles. The lowest BCUT2D eigenvalue weighted by Gasteiger charge is -2.12. The molecule has 0 amide bonds. The minimum Gasteiger partial charge on any atom is -0.460 e. The summed E-state index contributed by atoms with van der Waals surface area (Å²) in [6.45, 7) is 4.15. The van der Waals surface area contributed by atoms with Crippen LogP contribution in [-0.4, -0.2) is 25.8 Å². The SMILES string of the molecule is COC[C@@H](C)OC(=O)Cc1ccc(C)cc1N. The van der Waals surface area contributed by atoms with E-state index in [4.69, 9.17) is 15.2 Å². The van der Waals surface area contributed by atoms with Gasteiger partial charge in [-0.05, 0) is 31.0 Å². The van der Waals surface area contributed by atoms with Gasteiger partial charge in [-0.15, -0.1) is 0 Å². The molecule has 1 aromatic rings. The molecule has 0 heterocycles. The molecule has 1 aromatic carbocycles. The number of carbonyl (C=O) groups excluding carboxylic acids is 1. The quantitative estimate of drug-likeness (QED) is 0.625. The number of aryl methyl sites for hydroxylation is 1. The average molecular weight is 237 g/mol. The Hall–Kier alpha value is -1.55. The molecule has 0 spiro atoms. The fraction of sp³-hybridized carbons (Fsp3) is 0.462. The number of hydrogen-bond acceptors (Lipinski definition) is 4. The van der Waals surface area contributed by atoms with Crippen LogP contribution in [-0.2, 0) is 20.7 Å². The van der Waals surface area contributed by atoms with Gasteiger partial charge in [0.2, 0.25) is 0 Å². The number of ether oxygens (including phenoxy) is 2. The fourth-order valence-electron chi connectivity index (χ4n) is 1.57. The van der Waals surface area contributed by atoms with E-state index in [0.717, 1.165) is 11.1 Å². The lowest BCUT2D eigenvalue weighted by molar-refractivity contribution is -0.149. The molecule has 4 heteroatoms. The van der Waals surface area contributed by atoms with Gasteiger partial charge in [-0.1, -0.05) is 12.1 Å². The monoisotopic (exact) mass is 237 g/mol. The zero-order valence-electron chi connectivity index (χ0n) is 10.5. The third kappa shape index (κ3) is 4.44. The number of esters is 1. The molecule has 0 aliphatic heterocycles. The summed E-state index contributed by atoms with van der Waals surface area (Å²) < 4.78 is 10.1. The van der Waals surface area contributed by atoms with Crippen LogP contribution in [0, 0.1) is 6.92 Å². The second-order valence-electron chi connectivity index (χ2n) is 4.13. The average Bonchev–Trinajstić information content (AvgIpc) is 2.22. The lowest BCUT2D eigenvalue weighted by atomic mass is 10.1. The van der Waals surface area contributed by atoms with Gasteiger partial charge >= 0.3 is 5.97 Å². The van der Waals surface area contributed by atoms with Crippen molar-refractivity contribution in [2.75, 3.05) is 19.5 Å². The highest BCUT2D eigenvalue weighted by Crippen LogP contribution is 2.15. The maximum Gasteiger partial charge on any atom is 0.310 e. The predicted octanol–water partition coefficient (Wildman–Crippen LogP) is 1.70. The summed E-state index contributed by atoms with van der Waals surface area (Å²) >= 11 is 0. The molecule has 17 heavy (non-hydrogen) atoms. The van der Waals surface area contributed by atoms with Gasteiger partial charge in [-0.3, -0.25) is 4.79 Å². The molecule has 0 saturated heterocycles. The number of anilines is 1. The fourth-order valence-corrected chi connectivity index (χ4v) is 1.57. The number of hydrogen-bond donors (Lipinski definition) is 1.